The molecule has 1 N–H and O–H groups in total. The Hall–Kier alpha value is -4.15. The van der Waals surface area contributed by atoms with E-state index in [9.17, 15) is 8.78 Å². The predicted octanol–water partition coefficient (Wildman–Crippen LogP) is 3.45. The molecule has 0 radical (unpaired) electrons. The number of hydrogen-bond acceptors (Lipinski definition) is 8. The number of guanidine groups is 1. The number of halogens is 2. The highest BCUT2D eigenvalue weighted by Crippen LogP contribution is 2.34. The lowest BCUT2D eigenvalue weighted by Gasteiger charge is -2.40. The van der Waals surface area contributed by atoms with E-state index in [0.29, 0.717) is 41.3 Å². The average Bonchev–Trinajstić information content (AvgIpc) is 3.25. The first kappa shape index (κ1) is 22.6. The van der Waals surface area contributed by atoms with Crippen molar-refractivity contribution in [3.8, 4) is 11.6 Å². The Labute approximate surface area is 201 Å². The summed E-state index contributed by atoms with van der Waals surface area (Å²) in [6.07, 6.45) is 3.59. The van der Waals surface area contributed by atoms with Gasteiger partial charge < -0.3 is 29.2 Å². The van der Waals surface area contributed by atoms with E-state index < -0.39 is 11.6 Å². The first-order valence-electron chi connectivity index (χ1n) is 11.0. The standard InChI is InChI=1S/C24H25F2N7O2/c1-14-10-33(13-27-14)18-5-6-21(28-23(18)34-4)29-24-30-22-20(11-31(24)2)35-12-19(32(22)3)15-7-16(25)9-17(26)8-15/h5-10,13,19H,11-12H2,1-4H3,(H,28,29,30). The van der Waals surface area contributed by atoms with Crippen LogP contribution < -0.4 is 10.1 Å². The second kappa shape index (κ2) is 8.90. The summed E-state index contributed by atoms with van der Waals surface area (Å²) in [4.78, 5) is 17.4. The van der Waals surface area contributed by atoms with Gasteiger partial charge in [-0.25, -0.2) is 13.8 Å². The quantitative estimate of drug-likeness (QED) is 0.612. The number of nitrogens with zero attached hydrogens (tertiary/aromatic N) is 6. The van der Waals surface area contributed by atoms with E-state index >= 15 is 0 Å². The second-order valence-electron chi connectivity index (χ2n) is 8.45. The van der Waals surface area contributed by atoms with Crippen molar-refractivity contribution >= 4 is 11.8 Å². The summed E-state index contributed by atoms with van der Waals surface area (Å²) < 4.78 is 40.9. The van der Waals surface area contributed by atoms with Crippen molar-refractivity contribution in [2.75, 3.05) is 39.7 Å². The van der Waals surface area contributed by atoms with E-state index in [1.807, 2.05) is 53.7 Å². The van der Waals surface area contributed by atoms with E-state index in [0.717, 1.165) is 17.4 Å². The number of aromatic nitrogens is 3. The van der Waals surface area contributed by atoms with Gasteiger partial charge in [0, 0.05) is 26.4 Å². The molecule has 0 amide bonds. The molecule has 0 saturated heterocycles. The molecule has 1 aromatic carbocycles. The molecule has 5 rings (SSSR count). The number of aryl methyl sites for hydroxylation is 1. The molecule has 4 heterocycles. The maximum atomic E-state index is 13.8. The molecule has 0 fully saturated rings. The Morgan fingerprint density at radius 1 is 1.14 bits per heavy atom. The molecule has 0 saturated carbocycles. The Morgan fingerprint density at radius 3 is 2.60 bits per heavy atom. The molecule has 2 aromatic heterocycles. The normalized spacial score (nSPS) is 17.7. The SMILES string of the molecule is COc1nc(NC2=NC3=C(CN2C)OCC(c2cc(F)cc(F)c2)N3C)ccc1-n1cnc(C)c1. The number of aliphatic imine (C=N–C) groups is 1. The topological polar surface area (TPSA) is 80.0 Å². The van der Waals surface area contributed by atoms with Gasteiger partial charge in [0.25, 0.3) is 0 Å². The first-order chi connectivity index (χ1) is 16.8. The number of pyridine rings is 1. The van der Waals surface area contributed by atoms with Crippen LogP contribution in [0.5, 0.6) is 5.88 Å². The molecule has 35 heavy (non-hydrogen) atoms. The van der Waals surface area contributed by atoms with Gasteiger partial charge in [-0.3, -0.25) is 0 Å². The molecule has 2 aliphatic rings. The van der Waals surface area contributed by atoms with Crippen LogP contribution in [0.1, 0.15) is 17.3 Å². The van der Waals surface area contributed by atoms with Crippen LogP contribution in [0.2, 0.25) is 0 Å². The summed E-state index contributed by atoms with van der Waals surface area (Å²) in [5.74, 6) is 1.53. The summed E-state index contributed by atoms with van der Waals surface area (Å²) in [6, 6.07) is 6.81. The lowest BCUT2D eigenvalue weighted by molar-refractivity contribution is 0.0765. The molecule has 2 aliphatic heterocycles. The Morgan fingerprint density at radius 2 is 1.91 bits per heavy atom. The van der Waals surface area contributed by atoms with Crippen LogP contribution in [0, 0.1) is 18.6 Å². The largest absolute Gasteiger partial charge is 0.490 e. The Kier molecular flexibility index (Phi) is 5.75. The number of ether oxygens (including phenoxy) is 2. The van der Waals surface area contributed by atoms with E-state index in [1.165, 1.54) is 12.1 Å². The van der Waals surface area contributed by atoms with Gasteiger partial charge in [-0.15, -0.1) is 0 Å². The van der Waals surface area contributed by atoms with Gasteiger partial charge in [0.1, 0.15) is 29.7 Å². The van der Waals surface area contributed by atoms with Crippen LogP contribution in [0.4, 0.5) is 14.6 Å². The summed E-state index contributed by atoms with van der Waals surface area (Å²) in [5.41, 5.74) is 2.12. The summed E-state index contributed by atoms with van der Waals surface area (Å²) >= 11 is 0. The molecule has 0 bridgehead atoms. The monoisotopic (exact) mass is 481 g/mol. The summed E-state index contributed by atoms with van der Waals surface area (Å²) in [7, 11) is 5.28. The van der Waals surface area contributed by atoms with Crippen molar-refractivity contribution in [3.05, 3.63) is 77.3 Å². The molecule has 1 unspecified atom stereocenters. The van der Waals surface area contributed by atoms with E-state index in [1.54, 1.807) is 13.4 Å². The zero-order chi connectivity index (χ0) is 24.7. The van der Waals surface area contributed by atoms with E-state index in [-0.39, 0.29) is 12.6 Å². The summed E-state index contributed by atoms with van der Waals surface area (Å²) in [6.45, 7) is 2.64. The van der Waals surface area contributed by atoms with Crippen LogP contribution in [0.25, 0.3) is 5.69 Å². The van der Waals surface area contributed by atoms with Crippen molar-refractivity contribution in [2.45, 2.75) is 13.0 Å². The van der Waals surface area contributed by atoms with Gasteiger partial charge in [0.15, 0.2) is 11.6 Å². The lowest BCUT2D eigenvalue weighted by atomic mass is 10.0. The third-order valence-electron chi connectivity index (χ3n) is 5.95. The lowest BCUT2D eigenvalue weighted by Crippen LogP contribution is -2.43. The minimum absolute atomic E-state index is 0.262. The minimum Gasteiger partial charge on any atom is -0.490 e. The van der Waals surface area contributed by atoms with Crippen LogP contribution >= 0.6 is 0 Å². The fourth-order valence-electron chi connectivity index (χ4n) is 4.16. The Bertz CT molecular complexity index is 1320. The maximum absolute atomic E-state index is 13.8. The predicted molar refractivity (Wildman–Crippen MR) is 126 cm³/mol. The molecular formula is C24H25F2N7O2. The third-order valence-corrected chi connectivity index (χ3v) is 5.95. The summed E-state index contributed by atoms with van der Waals surface area (Å²) in [5, 5.41) is 3.24. The number of rotatable bonds is 4. The van der Waals surface area contributed by atoms with E-state index in [2.05, 4.69) is 15.3 Å². The highest BCUT2D eigenvalue weighted by atomic mass is 19.1. The first-order valence-corrected chi connectivity index (χ1v) is 11.0. The number of benzene rings is 1. The number of imidazole rings is 1. The van der Waals surface area contributed by atoms with Crippen molar-refractivity contribution in [1.82, 2.24) is 24.3 Å². The number of anilines is 1. The van der Waals surface area contributed by atoms with Gasteiger partial charge in [0.2, 0.25) is 11.8 Å². The smallest absolute Gasteiger partial charge is 0.240 e. The Balaban J connectivity index is 1.41. The fourth-order valence-corrected chi connectivity index (χ4v) is 4.16. The zero-order valence-corrected chi connectivity index (χ0v) is 19.8. The minimum atomic E-state index is -0.628. The second-order valence-corrected chi connectivity index (χ2v) is 8.45. The molecule has 3 aromatic rings. The zero-order valence-electron chi connectivity index (χ0n) is 19.8. The van der Waals surface area contributed by atoms with Gasteiger partial charge in [-0.05, 0) is 36.8 Å². The number of methoxy groups -OCH3 is 1. The van der Waals surface area contributed by atoms with Crippen LogP contribution in [-0.4, -0.2) is 64.7 Å². The van der Waals surface area contributed by atoms with Crippen LogP contribution in [0.15, 0.2) is 59.4 Å². The van der Waals surface area contributed by atoms with Gasteiger partial charge in [-0.2, -0.15) is 9.98 Å². The molecule has 0 spiro atoms. The van der Waals surface area contributed by atoms with Gasteiger partial charge >= 0.3 is 0 Å². The fraction of sp³-hybridized carbons (Fsp3) is 0.292. The van der Waals surface area contributed by atoms with Crippen LogP contribution in [0.3, 0.4) is 0 Å². The van der Waals surface area contributed by atoms with Crippen molar-refractivity contribution in [3.63, 3.8) is 0 Å². The molecular weight excluding hydrogens is 456 g/mol. The van der Waals surface area contributed by atoms with Crippen molar-refractivity contribution in [1.29, 1.82) is 0 Å². The van der Waals surface area contributed by atoms with Crippen molar-refractivity contribution in [2.24, 2.45) is 4.99 Å². The highest BCUT2D eigenvalue weighted by molar-refractivity contribution is 5.94. The highest BCUT2D eigenvalue weighted by Gasteiger charge is 2.33. The molecule has 0 aliphatic carbocycles. The van der Waals surface area contributed by atoms with Crippen molar-refractivity contribution < 1.29 is 18.3 Å². The number of hydrogen-bond donors (Lipinski definition) is 1. The maximum Gasteiger partial charge on any atom is 0.240 e. The third kappa shape index (κ3) is 4.36. The number of likely N-dealkylation sites (N-methyl/N-ethyl adjacent to an activating group) is 2. The van der Waals surface area contributed by atoms with Crippen LogP contribution in [-0.2, 0) is 4.74 Å². The molecule has 1 atom stereocenters. The molecule has 182 valence electrons. The molecule has 11 heteroatoms. The molecule has 9 nitrogen and oxygen atoms in total. The number of nitrogens with one attached hydrogen (secondary N) is 1. The average molecular weight is 482 g/mol. The van der Waals surface area contributed by atoms with Gasteiger partial charge in [0.05, 0.1) is 31.7 Å². The van der Waals surface area contributed by atoms with E-state index in [4.69, 9.17) is 14.5 Å². The van der Waals surface area contributed by atoms with Gasteiger partial charge in [-0.1, -0.05) is 0 Å².